The highest BCUT2D eigenvalue weighted by atomic mass is 15.2. The lowest BCUT2D eigenvalue weighted by Crippen LogP contribution is -2.30. The summed E-state index contributed by atoms with van der Waals surface area (Å²) in [6, 6.07) is 88.6. The first-order valence-electron chi connectivity index (χ1n) is 28.1. The molecular formula is C75H62N4. The van der Waals surface area contributed by atoms with Crippen LogP contribution in [-0.2, 0) is 16.2 Å². The summed E-state index contributed by atoms with van der Waals surface area (Å²) in [7, 11) is 0. The summed E-state index contributed by atoms with van der Waals surface area (Å²) in [4.78, 5) is 9.99. The van der Waals surface area contributed by atoms with Crippen molar-refractivity contribution < 1.29 is 0 Å². The van der Waals surface area contributed by atoms with Gasteiger partial charge in [-0.05, 0) is 171 Å². The van der Waals surface area contributed by atoms with E-state index < -0.39 is 0 Å². The first-order valence-corrected chi connectivity index (χ1v) is 28.1. The van der Waals surface area contributed by atoms with Crippen molar-refractivity contribution >= 4 is 73.7 Å². The van der Waals surface area contributed by atoms with E-state index in [-0.39, 0.29) is 22.3 Å². The van der Waals surface area contributed by atoms with Gasteiger partial charge in [-0.15, -0.1) is 0 Å². The Hall–Kier alpha value is -9.12. The molecule has 15 rings (SSSR count). The molecule has 4 heterocycles. The number of para-hydroxylation sites is 6. The number of hydrogen-bond donors (Lipinski definition) is 0. The van der Waals surface area contributed by atoms with Crippen LogP contribution in [0.15, 0.2) is 249 Å². The average Bonchev–Trinajstić information content (AvgIpc) is 3.96. The lowest BCUT2D eigenvalue weighted by Gasteiger charge is -2.42. The summed E-state index contributed by atoms with van der Waals surface area (Å²) >= 11 is 0. The third-order valence-electron chi connectivity index (χ3n) is 18.3. The topological polar surface area (TPSA) is 13.0 Å². The molecule has 5 aliphatic rings. The number of rotatable bonds is 6. The number of anilines is 11. The zero-order chi connectivity index (χ0) is 53.4. The zero-order valence-electron chi connectivity index (χ0n) is 45.7. The fraction of sp³-hybridized carbons (Fsp3) is 0.147. The predicted octanol–water partition coefficient (Wildman–Crippen LogP) is 20.1. The van der Waals surface area contributed by atoms with Crippen LogP contribution in [0.25, 0.3) is 22.3 Å². The first kappa shape index (κ1) is 47.1. The minimum Gasteiger partial charge on any atom is -0.333 e. The molecule has 10 aromatic rings. The molecule has 382 valence electrons. The minimum absolute atomic E-state index is 0.111. The van der Waals surface area contributed by atoms with Crippen LogP contribution < -0.4 is 19.6 Å². The van der Waals surface area contributed by atoms with Crippen LogP contribution in [-0.4, -0.2) is 6.04 Å². The molecule has 0 aromatic heterocycles. The highest BCUT2D eigenvalue weighted by molar-refractivity contribution is 6.01. The molecule has 0 amide bonds. The second-order valence-electron chi connectivity index (χ2n) is 23.7. The Morgan fingerprint density at radius 3 is 1.13 bits per heavy atom. The van der Waals surface area contributed by atoms with Crippen molar-refractivity contribution in [1.29, 1.82) is 0 Å². The van der Waals surface area contributed by atoms with Gasteiger partial charge >= 0.3 is 0 Å². The molecule has 79 heavy (non-hydrogen) atoms. The lowest BCUT2D eigenvalue weighted by molar-refractivity contribution is 0.631. The molecule has 1 aliphatic carbocycles. The molecule has 0 N–H and O–H groups in total. The SMILES string of the molecule is CC1(C)c2ccccc2N(c2ccc(N3c4ccc(-c5cccc(N6c7ccccc7C(C)(C)c7ccccc76)c5)cc4C4=CC(c5cccc(N6c7ccccc7C(C)(C)c7ccccc76)c5)=CCC43)cc2)c2ccccc21. The summed E-state index contributed by atoms with van der Waals surface area (Å²) in [5, 5.41) is 0. The Morgan fingerprint density at radius 1 is 0.316 bits per heavy atom. The zero-order valence-corrected chi connectivity index (χ0v) is 45.7. The molecule has 4 nitrogen and oxygen atoms in total. The van der Waals surface area contributed by atoms with Gasteiger partial charge in [0.25, 0.3) is 0 Å². The number of allylic oxidation sites excluding steroid dienone is 2. The van der Waals surface area contributed by atoms with Crippen LogP contribution in [0.5, 0.6) is 0 Å². The smallest absolute Gasteiger partial charge is 0.0633 e. The van der Waals surface area contributed by atoms with Crippen LogP contribution in [0.3, 0.4) is 0 Å². The maximum Gasteiger partial charge on any atom is 0.0633 e. The van der Waals surface area contributed by atoms with Crippen molar-refractivity contribution in [1.82, 2.24) is 0 Å². The summed E-state index contributed by atoms with van der Waals surface area (Å²) in [5.41, 5.74) is 28.4. The van der Waals surface area contributed by atoms with Crippen molar-refractivity contribution in [2.24, 2.45) is 0 Å². The van der Waals surface area contributed by atoms with Gasteiger partial charge < -0.3 is 19.6 Å². The van der Waals surface area contributed by atoms with E-state index in [1.165, 1.54) is 112 Å². The standard InChI is InChI=1S/C75H62N4/c1-73(2)59-25-7-13-31-67(59)77(68-32-14-8-26-60(68)73)54-41-39-53(40-42-54)76-65-43-37-51(49-21-19-23-55(45-49)78-69-33-15-9-27-61(69)74(3,4)62-28-10-16-34-70(62)78)47-57(65)58-48-52(38-44-66(58)76)50-22-20-24-56(46-50)79-71-35-17-11-29-63(71)75(5,6)64-30-12-18-36-72(64)79/h7-43,45-48,66H,44H2,1-6H3. The van der Waals surface area contributed by atoms with E-state index in [0.29, 0.717) is 0 Å². The van der Waals surface area contributed by atoms with Crippen molar-refractivity contribution in [2.75, 3.05) is 19.6 Å². The molecule has 1 atom stereocenters. The molecule has 1 unspecified atom stereocenters. The summed E-state index contributed by atoms with van der Waals surface area (Å²) in [6.07, 6.45) is 5.84. The van der Waals surface area contributed by atoms with Gasteiger partial charge in [0.1, 0.15) is 0 Å². The van der Waals surface area contributed by atoms with Crippen molar-refractivity contribution in [3.05, 3.63) is 293 Å². The molecule has 4 heteroatoms. The molecule has 10 aromatic carbocycles. The van der Waals surface area contributed by atoms with Crippen LogP contribution in [0.1, 0.15) is 92.5 Å². The van der Waals surface area contributed by atoms with E-state index in [9.17, 15) is 0 Å². The van der Waals surface area contributed by atoms with E-state index in [2.05, 4.69) is 310 Å². The molecule has 0 fully saturated rings. The van der Waals surface area contributed by atoms with Crippen molar-refractivity contribution in [3.63, 3.8) is 0 Å². The fourth-order valence-electron chi connectivity index (χ4n) is 14.3. The predicted molar refractivity (Wildman–Crippen MR) is 332 cm³/mol. The van der Waals surface area contributed by atoms with Gasteiger partial charge in [-0.2, -0.15) is 0 Å². The molecule has 0 spiro atoms. The van der Waals surface area contributed by atoms with E-state index in [1.54, 1.807) is 0 Å². The number of nitrogens with zero attached hydrogens (tertiary/aromatic N) is 4. The van der Waals surface area contributed by atoms with Crippen LogP contribution in [0, 0.1) is 0 Å². The molecule has 0 bridgehead atoms. The lowest BCUT2D eigenvalue weighted by atomic mass is 9.73. The Balaban J connectivity index is 0.842. The van der Waals surface area contributed by atoms with E-state index in [0.717, 1.165) is 23.5 Å². The number of hydrogen-bond acceptors (Lipinski definition) is 4. The van der Waals surface area contributed by atoms with Crippen LogP contribution in [0.2, 0.25) is 0 Å². The van der Waals surface area contributed by atoms with Crippen LogP contribution in [0.4, 0.5) is 62.6 Å². The maximum atomic E-state index is 2.60. The maximum absolute atomic E-state index is 2.60. The Labute approximate surface area is 465 Å². The van der Waals surface area contributed by atoms with Gasteiger partial charge in [-0.1, -0.05) is 187 Å². The van der Waals surface area contributed by atoms with E-state index >= 15 is 0 Å². The molecule has 0 saturated carbocycles. The van der Waals surface area contributed by atoms with Crippen molar-refractivity contribution in [3.8, 4) is 11.1 Å². The number of benzene rings is 10. The highest BCUT2D eigenvalue weighted by Crippen LogP contribution is 2.57. The average molecular weight is 1020 g/mol. The van der Waals surface area contributed by atoms with Crippen molar-refractivity contribution in [2.45, 2.75) is 70.3 Å². The largest absolute Gasteiger partial charge is 0.333 e. The Morgan fingerprint density at radius 2 is 0.684 bits per heavy atom. The Bertz CT molecular complexity index is 4040. The van der Waals surface area contributed by atoms with E-state index in [4.69, 9.17) is 0 Å². The first-order chi connectivity index (χ1) is 38.5. The number of fused-ring (bicyclic) bond motifs is 9. The molecule has 0 saturated heterocycles. The van der Waals surface area contributed by atoms with Crippen LogP contribution >= 0.6 is 0 Å². The summed E-state index contributed by atoms with van der Waals surface area (Å²) < 4.78 is 0. The van der Waals surface area contributed by atoms with Gasteiger partial charge in [0.2, 0.25) is 0 Å². The van der Waals surface area contributed by atoms with Gasteiger partial charge in [0, 0.05) is 50.2 Å². The van der Waals surface area contributed by atoms with E-state index in [1.807, 2.05) is 0 Å². The summed E-state index contributed by atoms with van der Waals surface area (Å²) in [5.74, 6) is 0. The molecule has 0 radical (unpaired) electrons. The second kappa shape index (κ2) is 17.4. The van der Waals surface area contributed by atoms with Gasteiger partial charge in [-0.3, -0.25) is 0 Å². The fourth-order valence-corrected chi connectivity index (χ4v) is 14.3. The third-order valence-corrected chi connectivity index (χ3v) is 18.3. The molecule has 4 aliphatic heterocycles. The normalized spacial score (nSPS) is 17.4. The quantitative estimate of drug-likeness (QED) is 0.165. The third kappa shape index (κ3) is 7.06. The highest BCUT2D eigenvalue weighted by Gasteiger charge is 2.41. The van der Waals surface area contributed by atoms with Gasteiger partial charge in [0.05, 0.1) is 40.2 Å². The molecular weight excluding hydrogens is 957 g/mol. The second-order valence-corrected chi connectivity index (χ2v) is 23.7. The monoisotopic (exact) mass is 1020 g/mol. The van der Waals surface area contributed by atoms with Gasteiger partial charge in [-0.25, -0.2) is 0 Å². The van der Waals surface area contributed by atoms with Gasteiger partial charge in [0.15, 0.2) is 0 Å². The minimum atomic E-state index is -0.129. The Kier molecular flexibility index (Phi) is 10.4. The summed E-state index contributed by atoms with van der Waals surface area (Å²) in [6.45, 7) is 14.1.